The number of ether oxygens (including phenoxy) is 2. The number of morpholine rings is 1. The Morgan fingerprint density at radius 2 is 2.19 bits per heavy atom. The van der Waals surface area contributed by atoms with E-state index in [1.54, 1.807) is 6.07 Å². The minimum Gasteiger partial charge on any atom is -0.475 e. The van der Waals surface area contributed by atoms with E-state index < -0.39 is 0 Å². The van der Waals surface area contributed by atoms with Crippen LogP contribution in [0.2, 0.25) is 0 Å². The summed E-state index contributed by atoms with van der Waals surface area (Å²) in [4.78, 5) is 6.53. The molecule has 0 radical (unpaired) electrons. The van der Waals surface area contributed by atoms with Crippen molar-refractivity contribution < 1.29 is 14.6 Å². The third kappa shape index (κ3) is 2.84. The van der Waals surface area contributed by atoms with Gasteiger partial charge in [-0.25, -0.2) is 0 Å². The van der Waals surface area contributed by atoms with Gasteiger partial charge in [0.2, 0.25) is 5.88 Å². The molecule has 1 saturated heterocycles. The summed E-state index contributed by atoms with van der Waals surface area (Å²) >= 11 is 0. The SMILES string of the molecule is OCCOc1cccc(N2CCOCC2)n1. The van der Waals surface area contributed by atoms with E-state index in [9.17, 15) is 0 Å². The first-order valence-corrected chi connectivity index (χ1v) is 5.43. The predicted molar refractivity (Wildman–Crippen MR) is 59.8 cm³/mol. The second-order valence-corrected chi connectivity index (χ2v) is 3.51. The number of hydrogen-bond acceptors (Lipinski definition) is 5. The zero-order chi connectivity index (χ0) is 11.2. The lowest BCUT2D eigenvalue weighted by atomic mass is 10.3. The summed E-state index contributed by atoms with van der Waals surface area (Å²) in [6.07, 6.45) is 0. The van der Waals surface area contributed by atoms with Crippen LogP contribution in [0.4, 0.5) is 5.82 Å². The minimum absolute atomic E-state index is 0.00343. The van der Waals surface area contributed by atoms with Gasteiger partial charge in [-0.05, 0) is 6.07 Å². The summed E-state index contributed by atoms with van der Waals surface area (Å²) < 4.78 is 10.6. The lowest BCUT2D eigenvalue weighted by molar-refractivity contribution is 0.122. The van der Waals surface area contributed by atoms with E-state index in [2.05, 4.69) is 9.88 Å². The Hall–Kier alpha value is -1.33. The molecule has 1 fully saturated rings. The van der Waals surface area contributed by atoms with Crippen LogP contribution in [-0.4, -0.2) is 49.6 Å². The lowest BCUT2D eigenvalue weighted by Gasteiger charge is -2.27. The molecule has 5 nitrogen and oxygen atoms in total. The van der Waals surface area contributed by atoms with Crippen molar-refractivity contribution in [2.24, 2.45) is 0 Å². The van der Waals surface area contributed by atoms with E-state index in [-0.39, 0.29) is 13.2 Å². The molecule has 88 valence electrons. The Kier molecular flexibility index (Phi) is 3.96. The third-order valence-electron chi connectivity index (χ3n) is 2.39. The van der Waals surface area contributed by atoms with E-state index >= 15 is 0 Å². The highest BCUT2D eigenvalue weighted by atomic mass is 16.5. The van der Waals surface area contributed by atoms with Crippen molar-refractivity contribution in [2.75, 3.05) is 44.4 Å². The van der Waals surface area contributed by atoms with Gasteiger partial charge >= 0.3 is 0 Å². The first-order chi connectivity index (χ1) is 7.90. The molecule has 1 N–H and O–H groups in total. The molecule has 2 heterocycles. The molecule has 0 bridgehead atoms. The topological polar surface area (TPSA) is 54.8 Å². The second kappa shape index (κ2) is 5.67. The number of aliphatic hydroxyl groups excluding tert-OH is 1. The highest BCUT2D eigenvalue weighted by Gasteiger charge is 2.12. The molecule has 1 aromatic rings. The average Bonchev–Trinajstić information content (AvgIpc) is 2.38. The van der Waals surface area contributed by atoms with Gasteiger partial charge in [-0.2, -0.15) is 4.98 Å². The first kappa shape index (κ1) is 11.2. The number of aromatic nitrogens is 1. The van der Waals surface area contributed by atoms with Gasteiger partial charge in [0.25, 0.3) is 0 Å². The summed E-state index contributed by atoms with van der Waals surface area (Å²) in [5, 5.41) is 8.67. The van der Waals surface area contributed by atoms with Gasteiger partial charge in [0, 0.05) is 19.2 Å². The van der Waals surface area contributed by atoms with Crippen molar-refractivity contribution in [3.63, 3.8) is 0 Å². The fraction of sp³-hybridized carbons (Fsp3) is 0.545. The molecule has 0 saturated carbocycles. The number of pyridine rings is 1. The number of hydrogen-bond donors (Lipinski definition) is 1. The summed E-state index contributed by atoms with van der Waals surface area (Å²) in [6.45, 7) is 3.47. The van der Waals surface area contributed by atoms with E-state index in [0.29, 0.717) is 5.88 Å². The van der Waals surface area contributed by atoms with E-state index in [4.69, 9.17) is 14.6 Å². The van der Waals surface area contributed by atoms with Crippen LogP contribution in [0.3, 0.4) is 0 Å². The van der Waals surface area contributed by atoms with Crippen LogP contribution in [-0.2, 0) is 4.74 Å². The zero-order valence-electron chi connectivity index (χ0n) is 9.13. The summed E-state index contributed by atoms with van der Waals surface area (Å²) in [5.74, 6) is 1.46. The normalized spacial score (nSPS) is 16.2. The van der Waals surface area contributed by atoms with Gasteiger partial charge in [-0.1, -0.05) is 6.07 Å². The van der Waals surface area contributed by atoms with Gasteiger partial charge in [0.1, 0.15) is 12.4 Å². The van der Waals surface area contributed by atoms with Crippen molar-refractivity contribution >= 4 is 5.82 Å². The Balaban J connectivity index is 2.02. The first-order valence-electron chi connectivity index (χ1n) is 5.43. The maximum absolute atomic E-state index is 8.67. The molecule has 0 unspecified atom stereocenters. The van der Waals surface area contributed by atoms with Crippen LogP contribution in [0.5, 0.6) is 5.88 Å². The van der Waals surface area contributed by atoms with E-state index in [1.165, 1.54) is 0 Å². The molecular weight excluding hydrogens is 208 g/mol. The van der Waals surface area contributed by atoms with E-state index in [0.717, 1.165) is 32.1 Å². The highest BCUT2D eigenvalue weighted by Crippen LogP contribution is 2.16. The number of anilines is 1. The Morgan fingerprint density at radius 3 is 2.94 bits per heavy atom. The van der Waals surface area contributed by atoms with Crippen LogP contribution < -0.4 is 9.64 Å². The largest absolute Gasteiger partial charge is 0.475 e. The third-order valence-corrected chi connectivity index (χ3v) is 2.39. The molecule has 2 rings (SSSR count). The molecule has 0 amide bonds. The molecular formula is C11H16N2O3. The molecule has 0 aromatic carbocycles. The fourth-order valence-electron chi connectivity index (χ4n) is 1.60. The monoisotopic (exact) mass is 224 g/mol. The summed E-state index contributed by atoms with van der Waals surface area (Å²) in [7, 11) is 0. The molecule has 1 aromatic heterocycles. The smallest absolute Gasteiger partial charge is 0.215 e. The van der Waals surface area contributed by atoms with Crippen molar-refractivity contribution in [1.29, 1.82) is 0 Å². The van der Waals surface area contributed by atoms with Crippen molar-refractivity contribution in [3.8, 4) is 5.88 Å². The Bertz CT molecular complexity index is 327. The van der Waals surface area contributed by atoms with Crippen molar-refractivity contribution in [2.45, 2.75) is 0 Å². The number of nitrogens with zero attached hydrogens (tertiary/aromatic N) is 2. The summed E-state index contributed by atoms with van der Waals surface area (Å²) in [6, 6.07) is 5.65. The maximum Gasteiger partial charge on any atom is 0.215 e. The minimum atomic E-state index is 0.00343. The van der Waals surface area contributed by atoms with Gasteiger partial charge < -0.3 is 19.5 Å². The van der Waals surface area contributed by atoms with Gasteiger partial charge in [-0.15, -0.1) is 0 Å². The van der Waals surface area contributed by atoms with Gasteiger partial charge in [0.05, 0.1) is 19.8 Å². The molecule has 1 aliphatic heterocycles. The van der Waals surface area contributed by atoms with Crippen LogP contribution >= 0.6 is 0 Å². The number of rotatable bonds is 4. The molecule has 0 atom stereocenters. The molecule has 16 heavy (non-hydrogen) atoms. The van der Waals surface area contributed by atoms with Gasteiger partial charge in [-0.3, -0.25) is 0 Å². The molecule has 0 spiro atoms. The van der Waals surface area contributed by atoms with Crippen LogP contribution in [0.15, 0.2) is 18.2 Å². The standard InChI is InChI=1S/C11H16N2O3/c14-6-9-16-11-3-1-2-10(12-11)13-4-7-15-8-5-13/h1-3,14H,4-9H2. The fourth-order valence-corrected chi connectivity index (χ4v) is 1.60. The molecule has 1 aliphatic rings. The Morgan fingerprint density at radius 1 is 1.38 bits per heavy atom. The summed E-state index contributed by atoms with van der Waals surface area (Å²) in [5.41, 5.74) is 0. The van der Waals surface area contributed by atoms with E-state index in [1.807, 2.05) is 12.1 Å². The molecule has 0 aliphatic carbocycles. The Labute approximate surface area is 94.6 Å². The van der Waals surface area contributed by atoms with Crippen LogP contribution in [0.25, 0.3) is 0 Å². The van der Waals surface area contributed by atoms with Gasteiger partial charge in [0.15, 0.2) is 0 Å². The number of aliphatic hydroxyl groups is 1. The predicted octanol–water partition coefficient (Wildman–Crippen LogP) is 0.289. The van der Waals surface area contributed by atoms with Crippen LogP contribution in [0.1, 0.15) is 0 Å². The van der Waals surface area contributed by atoms with Crippen molar-refractivity contribution in [3.05, 3.63) is 18.2 Å². The maximum atomic E-state index is 8.67. The average molecular weight is 224 g/mol. The van der Waals surface area contributed by atoms with Crippen LogP contribution in [0, 0.1) is 0 Å². The second-order valence-electron chi connectivity index (χ2n) is 3.51. The zero-order valence-corrected chi connectivity index (χ0v) is 9.13. The highest BCUT2D eigenvalue weighted by molar-refractivity contribution is 5.40. The lowest BCUT2D eigenvalue weighted by Crippen LogP contribution is -2.36. The quantitative estimate of drug-likeness (QED) is 0.796. The van der Waals surface area contributed by atoms with Crippen molar-refractivity contribution in [1.82, 2.24) is 4.98 Å². The molecule has 5 heteroatoms.